The number of nitrogens with zero attached hydrogens (tertiary/aromatic N) is 2. The Hall–Kier alpha value is -1.42. The monoisotopic (exact) mass is 434 g/mol. The molecule has 0 spiro atoms. The van der Waals surface area contributed by atoms with E-state index >= 15 is 0 Å². The fraction of sp³-hybridized carbons (Fsp3) is 0.714. The molecular formula is C21H35BN2O5Si. The van der Waals surface area contributed by atoms with Crippen LogP contribution in [0.1, 0.15) is 48.5 Å². The van der Waals surface area contributed by atoms with E-state index in [-0.39, 0.29) is 23.7 Å². The zero-order valence-corrected chi connectivity index (χ0v) is 20.8. The molecule has 2 saturated heterocycles. The van der Waals surface area contributed by atoms with E-state index in [2.05, 4.69) is 38.8 Å². The van der Waals surface area contributed by atoms with Crippen molar-refractivity contribution >= 4 is 33.5 Å². The van der Waals surface area contributed by atoms with E-state index < -0.39 is 27.4 Å². The highest BCUT2D eigenvalue weighted by atomic mass is 28.3. The largest absolute Gasteiger partial charge is 0.514 e. The number of pyridine rings is 1. The van der Waals surface area contributed by atoms with Gasteiger partial charge in [-0.25, -0.2) is 4.79 Å². The smallest absolute Gasteiger partial charge is 0.441 e. The fourth-order valence-corrected chi connectivity index (χ4v) is 4.83. The number of aromatic nitrogens is 1. The standard InChI is InChI=1S/C21H35BN2O5Si/c1-19(2,3)17(27-30(8)9)15-13-24(18(25)26-15)14-10-11-16(23-12-14)22-28-20(4,5)21(6,7)29-22/h10-12,15,17,30H,13H2,1-9H3/t15-,17?/m1/s1. The molecule has 1 unspecified atom stereocenters. The van der Waals surface area contributed by atoms with Crippen molar-refractivity contribution in [2.24, 2.45) is 5.41 Å². The number of carbonyl (C=O) groups excluding carboxylic acids is 1. The van der Waals surface area contributed by atoms with Crippen molar-refractivity contribution < 1.29 is 23.3 Å². The summed E-state index contributed by atoms with van der Waals surface area (Å²) in [5.74, 6) is 0. The molecule has 1 aromatic heterocycles. The van der Waals surface area contributed by atoms with Gasteiger partial charge >= 0.3 is 13.2 Å². The number of hydrogen-bond donors (Lipinski definition) is 0. The first-order valence-electron chi connectivity index (χ1n) is 10.7. The number of hydrogen-bond acceptors (Lipinski definition) is 6. The van der Waals surface area contributed by atoms with E-state index in [0.717, 1.165) is 0 Å². The molecule has 0 aromatic carbocycles. The summed E-state index contributed by atoms with van der Waals surface area (Å²) in [5.41, 5.74) is 0.398. The second-order valence-electron chi connectivity index (χ2n) is 10.5. The molecule has 0 saturated carbocycles. The normalized spacial score (nSPS) is 24.5. The average Bonchev–Trinajstić information content (AvgIpc) is 3.08. The predicted molar refractivity (Wildman–Crippen MR) is 121 cm³/mol. The van der Waals surface area contributed by atoms with Gasteiger partial charge in [-0.3, -0.25) is 9.88 Å². The van der Waals surface area contributed by atoms with Crippen molar-refractivity contribution in [2.75, 3.05) is 11.4 Å². The van der Waals surface area contributed by atoms with E-state index in [1.54, 1.807) is 11.1 Å². The average molecular weight is 434 g/mol. The van der Waals surface area contributed by atoms with Crippen LogP contribution in [-0.4, -0.2) is 57.2 Å². The molecule has 166 valence electrons. The van der Waals surface area contributed by atoms with Crippen LogP contribution in [0.4, 0.5) is 10.5 Å². The third-order valence-electron chi connectivity index (χ3n) is 6.02. The van der Waals surface area contributed by atoms with Crippen molar-refractivity contribution in [3.8, 4) is 0 Å². The van der Waals surface area contributed by atoms with Crippen molar-refractivity contribution in [1.29, 1.82) is 0 Å². The molecule has 2 fully saturated rings. The summed E-state index contributed by atoms with van der Waals surface area (Å²) in [6.07, 6.45) is 0.854. The Morgan fingerprint density at radius 2 is 1.80 bits per heavy atom. The Kier molecular flexibility index (Phi) is 6.14. The molecule has 9 heteroatoms. The molecule has 3 rings (SSSR count). The fourth-order valence-electron chi connectivity index (χ4n) is 3.66. The highest BCUT2D eigenvalue weighted by Gasteiger charge is 2.52. The van der Waals surface area contributed by atoms with Crippen molar-refractivity contribution in [3.05, 3.63) is 18.3 Å². The van der Waals surface area contributed by atoms with Crippen LogP contribution >= 0.6 is 0 Å². The summed E-state index contributed by atoms with van der Waals surface area (Å²) < 4.78 is 24.1. The van der Waals surface area contributed by atoms with E-state index in [1.165, 1.54) is 0 Å². The maximum atomic E-state index is 12.6. The zero-order valence-electron chi connectivity index (χ0n) is 19.7. The van der Waals surface area contributed by atoms with Gasteiger partial charge in [-0.2, -0.15) is 0 Å². The first-order chi connectivity index (χ1) is 13.7. The quantitative estimate of drug-likeness (QED) is 0.664. The van der Waals surface area contributed by atoms with E-state index in [0.29, 0.717) is 17.8 Å². The summed E-state index contributed by atoms with van der Waals surface area (Å²) >= 11 is 0. The van der Waals surface area contributed by atoms with E-state index in [4.69, 9.17) is 18.5 Å². The third kappa shape index (κ3) is 4.59. The summed E-state index contributed by atoms with van der Waals surface area (Å²) in [7, 11) is -1.82. The molecule has 0 aliphatic carbocycles. The number of rotatable bonds is 5. The number of cyclic esters (lactones) is 1. The topological polar surface area (TPSA) is 70.1 Å². The first kappa shape index (κ1) is 23.2. The van der Waals surface area contributed by atoms with Gasteiger partial charge in [0, 0.05) is 0 Å². The first-order valence-corrected chi connectivity index (χ1v) is 13.4. The Labute approximate surface area is 182 Å². The van der Waals surface area contributed by atoms with Crippen molar-refractivity contribution in [3.63, 3.8) is 0 Å². The molecule has 0 radical (unpaired) electrons. The molecule has 2 atom stereocenters. The minimum Gasteiger partial charge on any atom is -0.441 e. The maximum absolute atomic E-state index is 12.6. The summed E-state index contributed by atoms with van der Waals surface area (Å²) in [4.78, 5) is 18.7. The van der Waals surface area contributed by atoms with Crippen molar-refractivity contribution in [1.82, 2.24) is 4.98 Å². The molecule has 2 aliphatic heterocycles. The van der Waals surface area contributed by atoms with Gasteiger partial charge in [0.15, 0.2) is 9.04 Å². The summed E-state index contributed by atoms with van der Waals surface area (Å²) in [6, 6.07) is 3.71. The highest BCUT2D eigenvalue weighted by molar-refractivity contribution is 6.61. The lowest BCUT2D eigenvalue weighted by atomic mass is 9.84. The Morgan fingerprint density at radius 1 is 1.20 bits per heavy atom. The van der Waals surface area contributed by atoms with Gasteiger partial charge in [0.2, 0.25) is 0 Å². The number of anilines is 1. The third-order valence-corrected chi connectivity index (χ3v) is 6.86. The van der Waals surface area contributed by atoms with E-state index in [1.807, 2.05) is 39.8 Å². The van der Waals surface area contributed by atoms with Crippen LogP contribution in [0.25, 0.3) is 0 Å². The summed E-state index contributed by atoms with van der Waals surface area (Å²) in [6.45, 7) is 19.1. The molecule has 1 amide bonds. The highest BCUT2D eigenvalue weighted by Crippen LogP contribution is 2.36. The molecule has 3 heterocycles. The molecule has 2 aliphatic rings. The number of carbonyl (C=O) groups is 1. The predicted octanol–water partition coefficient (Wildman–Crippen LogP) is 3.12. The van der Waals surface area contributed by atoms with Crippen LogP contribution in [0.3, 0.4) is 0 Å². The van der Waals surface area contributed by atoms with Gasteiger partial charge in [-0.05, 0) is 58.3 Å². The Morgan fingerprint density at radius 3 is 2.27 bits per heavy atom. The molecule has 0 bridgehead atoms. The van der Waals surface area contributed by atoms with Gasteiger partial charge in [-0.15, -0.1) is 0 Å². The summed E-state index contributed by atoms with van der Waals surface area (Å²) in [5, 5.41) is 0. The SMILES string of the molecule is C[SiH](C)OC([C@H]1CN(c2ccc(B3OC(C)(C)C(C)(C)O3)nc2)C(=O)O1)C(C)(C)C. The van der Waals surface area contributed by atoms with Crippen LogP contribution < -0.4 is 10.5 Å². The lowest BCUT2D eigenvalue weighted by Gasteiger charge is -2.35. The van der Waals surface area contributed by atoms with Crippen LogP contribution in [-0.2, 0) is 18.5 Å². The molecule has 7 nitrogen and oxygen atoms in total. The lowest BCUT2D eigenvalue weighted by Crippen LogP contribution is -2.44. The van der Waals surface area contributed by atoms with Gasteiger partial charge in [0.25, 0.3) is 0 Å². The van der Waals surface area contributed by atoms with Gasteiger partial charge in [-0.1, -0.05) is 20.8 Å². The molecule has 0 N–H and O–H groups in total. The van der Waals surface area contributed by atoms with Gasteiger partial charge < -0.3 is 18.5 Å². The minimum atomic E-state index is -1.29. The molecule has 30 heavy (non-hydrogen) atoms. The van der Waals surface area contributed by atoms with Crippen LogP contribution in [0.5, 0.6) is 0 Å². The zero-order chi connectivity index (χ0) is 22.5. The lowest BCUT2D eigenvalue weighted by molar-refractivity contribution is -0.0143. The van der Waals surface area contributed by atoms with Crippen molar-refractivity contribution in [2.45, 2.75) is 85.0 Å². The molecule has 1 aromatic rings. The molecular weight excluding hydrogens is 399 g/mol. The maximum Gasteiger partial charge on any atom is 0.514 e. The van der Waals surface area contributed by atoms with Gasteiger partial charge in [0.1, 0.15) is 6.10 Å². The second kappa shape index (κ2) is 7.93. The Balaban J connectivity index is 1.73. The van der Waals surface area contributed by atoms with Crippen LogP contribution in [0, 0.1) is 5.41 Å². The van der Waals surface area contributed by atoms with Crippen LogP contribution in [0.15, 0.2) is 18.3 Å². The number of amides is 1. The number of ether oxygens (including phenoxy) is 1. The minimum absolute atomic E-state index is 0.128. The van der Waals surface area contributed by atoms with Crippen LogP contribution in [0.2, 0.25) is 13.1 Å². The van der Waals surface area contributed by atoms with Gasteiger partial charge in [0.05, 0.1) is 41.3 Å². The van der Waals surface area contributed by atoms with E-state index in [9.17, 15) is 4.79 Å². The Bertz CT molecular complexity index is 763. The second-order valence-corrected chi connectivity index (χ2v) is 12.9.